The first-order chi connectivity index (χ1) is 27.4. The van der Waals surface area contributed by atoms with E-state index in [0.29, 0.717) is 6.07 Å². The van der Waals surface area contributed by atoms with Crippen molar-refractivity contribution in [2.75, 3.05) is 11.1 Å². The highest BCUT2D eigenvalue weighted by atomic mass is 32.2. The monoisotopic (exact) mass is 838 g/mol. The average molecular weight is 839 g/mol. The van der Waals surface area contributed by atoms with Gasteiger partial charge in [0.25, 0.3) is 25.8 Å². The van der Waals surface area contributed by atoms with Crippen LogP contribution in [0.3, 0.4) is 0 Å². The van der Waals surface area contributed by atoms with Crippen molar-refractivity contribution in [3.05, 3.63) is 156 Å². The summed E-state index contributed by atoms with van der Waals surface area (Å²) in [5, 5.41) is 12.9. The van der Waals surface area contributed by atoms with Gasteiger partial charge in [0.2, 0.25) is 0 Å². The van der Waals surface area contributed by atoms with E-state index < -0.39 is 113 Å². The molecule has 1 aliphatic heterocycles. The standard InChI is InChI=1S/C40H26N2O13S3/c43-36(20-8-2-1-3-9-20)34-31-22-10-4-5-11-23(22)39(46)32-28(19-30(58(53,54)55)35(33(31)32)42-40(34)47)41-27-15-14-21(18-29(27)57(50,51)52)56(48,49)17-16-26-37(44)24-12-6-7-13-25(24)38(26)45/h1-15,18-19,26,41,43H,16-17H2,(H,50,51,52)(H,53,54,55). The number of anilines is 2. The number of aliphatic hydroxyl groups is 1. The van der Waals surface area contributed by atoms with E-state index >= 15 is 0 Å². The van der Waals surface area contributed by atoms with E-state index in [0.717, 1.165) is 18.2 Å². The predicted octanol–water partition coefficient (Wildman–Crippen LogP) is 3.80. The molecule has 0 saturated carbocycles. The quantitative estimate of drug-likeness (QED) is 0.119. The molecule has 0 saturated heterocycles. The molecule has 18 heteroatoms. The zero-order valence-corrected chi connectivity index (χ0v) is 31.9. The third-order valence-corrected chi connectivity index (χ3v) is 13.6. The van der Waals surface area contributed by atoms with E-state index in [1.807, 2.05) is 0 Å². The largest absolute Gasteiger partial charge is 0.506 e. The van der Waals surface area contributed by atoms with Gasteiger partial charge in [-0.05, 0) is 36.1 Å². The van der Waals surface area contributed by atoms with E-state index in [-0.39, 0.29) is 43.3 Å². The minimum atomic E-state index is -5.31. The van der Waals surface area contributed by atoms with Gasteiger partial charge >= 0.3 is 0 Å². The number of nitrogens with zero attached hydrogens (tertiary/aromatic N) is 1. The normalized spacial score (nSPS) is 14.4. The molecule has 5 aromatic carbocycles. The van der Waals surface area contributed by atoms with Crippen molar-refractivity contribution in [2.24, 2.45) is 5.92 Å². The predicted molar refractivity (Wildman–Crippen MR) is 210 cm³/mol. The number of Topliss-reactive ketones (excluding diaryl/α,β-unsaturated/α-hetero) is 2. The maximum Gasteiger partial charge on any atom is 0.296 e. The molecular formula is C40H26N2O13S3. The topological polar surface area (TPSA) is 256 Å². The summed E-state index contributed by atoms with van der Waals surface area (Å²) in [5.74, 6) is -3.75. The molecule has 5 aromatic rings. The highest BCUT2D eigenvalue weighted by molar-refractivity contribution is 7.91. The lowest BCUT2D eigenvalue weighted by Gasteiger charge is -2.17. The lowest BCUT2D eigenvalue weighted by molar-refractivity contribution is 0.0836. The maximum atomic E-state index is 14.3. The lowest BCUT2D eigenvalue weighted by Crippen LogP contribution is -2.33. The van der Waals surface area contributed by atoms with Crippen LogP contribution in [-0.2, 0) is 30.1 Å². The van der Waals surface area contributed by atoms with Crippen LogP contribution >= 0.6 is 0 Å². The molecular weight excluding hydrogens is 813 g/mol. The van der Waals surface area contributed by atoms with E-state index in [2.05, 4.69) is 10.3 Å². The van der Waals surface area contributed by atoms with Gasteiger partial charge in [0.05, 0.1) is 44.1 Å². The van der Waals surface area contributed by atoms with Crippen molar-refractivity contribution in [2.45, 2.75) is 21.1 Å². The molecule has 0 atom stereocenters. The summed E-state index contributed by atoms with van der Waals surface area (Å²) < 4.78 is 99.3. The van der Waals surface area contributed by atoms with E-state index in [1.54, 1.807) is 30.3 Å². The molecule has 0 aromatic heterocycles. The SMILES string of the molecule is O=C1c2ccccc2C(=O)C1CCS(=O)(=O)c1ccc(Nc2cc(S(=O)(=O)O)c3nc(=O)c(=C(O)c4ccccc4)c4c5ccccc5c(=O)c2c3=4)c(S(=O)(=O)O)c1. The second kappa shape index (κ2) is 13.6. The Morgan fingerprint density at radius 3 is 1.86 bits per heavy atom. The van der Waals surface area contributed by atoms with Gasteiger partial charge in [0.1, 0.15) is 15.6 Å². The summed E-state index contributed by atoms with van der Waals surface area (Å²) in [7, 11) is -15.0. The van der Waals surface area contributed by atoms with Crippen LogP contribution in [0, 0.1) is 16.4 Å². The van der Waals surface area contributed by atoms with Gasteiger partial charge in [0.15, 0.2) is 26.8 Å². The molecule has 3 aliphatic rings. The Kier molecular flexibility index (Phi) is 9.01. The Morgan fingerprint density at radius 2 is 1.24 bits per heavy atom. The van der Waals surface area contributed by atoms with Gasteiger partial charge in [-0.25, -0.2) is 13.4 Å². The summed E-state index contributed by atoms with van der Waals surface area (Å²) in [5.41, 5.74) is -3.10. The number of carbonyl (C=O) groups is 2. The van der Waals surface area contributed by atoms with Crippen LogP contribution < -0.4 is 21.5 Å². The van der Waals surface area contributed by atoms with Gasteiger partial charge in [-0.15, -0.1) is 0 Å². The van der Waals surface area contributed by atoms with Crippen molar-refractivity contribution >= 4 is 80.4 Å². The van der Waals surface area contributed by atoms with E-state index in [9.17, 15) is 58.6 Å². The molecule has 0 radical (unpaired) electrons. The highest BCUT2D eigenvalue weighted by Crippen LogP contribution is 2.35. The molecule has 58 heavy (non-hydrogen) atoms. The van der Waals surface area contributed by atoms with Gasteiger partial charge in [-0.1, -0.05) is 78.9 Å². The number of fused-ring (bicyclic) bond motifs is 3. The Labute approximate surface area is 327 Å². The summed E-state index contributed by atoms with van der Waals surface area (Å²) in [6.07, 6.45) is -0.432. The number of aliphatic hydroxyl groups excluding tert-OH is 1. The number of ketones is 2. The Bertz CT molecular complexity index is 3510. The number of carbonyl (C=O) groups excluding carboxylic acids is 2. The average Bonchev–Trinajstić information content (AvgIpc) is 3.43. The van der Waals surface area contributed by atoms with Crippen LogP contribution in [0.25, 0.3) is 27.4 Å². The van der Waals surface area contributed by atoms with Crippen LogP contribution in [0.15, 0.2) is 127 Å². The Morgan fingerprint density at radius 1 is 0.655 bits per heavy atom. The molecule has 0 bridgehead atoms. The number of hydrogen-bond acceptors (Lipinski definition) is 13. The summed E-state index contributed by atoms with van der Waals surface area (Å²) in [6.45, 7) is 0. The smallest absolute Gasteiger partial charge is 0.296 e. The first-order valence-corrected chi connectivity index (χ1v) is 21.7. The fraction of sp³-hybridized carbons (Fsp3) is 0.0750. The van der Waals surface area contributed by atoms with Crippen LogP contribution in [-0.4, -0.2) is 61.8 Å². The highest BCUT2D eigenvalue weighted by Gasteiger charge is 2.39. The summed E-state index contributed by atoms with van der Waals surface area (Å²) >= 11 is 0. The number of aromatic nitrogens is 1. The van der Waals surface area contributed by atoms with Crippen LogP contribution in [0.5, 0.6) is 0 Å². The van der Waals surface area contributed by atoms with Crippen LogP contribution in [0.1, 0.15) is 32.7 Å². The van der Waals surface area contributed by atoms with Gasteiger partial charge in [0, 0.05) is 32.5 Å². The molecule has 8 rings (SSSR count). The van der Waals surface area contributed by atoms with Gasteiger partial charge in [-0.3, -0.25) is 28.3 Å². The van der Waals surface area contributed by atoms with Crippen LogP contribution in [0.4, 0.5) is 11.4 Å². The van der Waals surface area contributed by atoms with E-state index in [1.165, 1.54) is 48.5 Å². The summed E-state index contributed by atoms with van der Waals surface area (Å²) in [4.78, 5) is 55.1. The van der Waals surface area contributed by atoms with Crippen LogP contribution in [0.2, 0.25) is 0 Å². The molecule has 0 fully saturated rings. The second-order valence-electron chi connectivity index (χ2n) is 13.4. The van der Waals surface area contributed by atoms with Crippen molar-refractivity contribution < 1.29 is 49.1 Å². The van der Waals surface area contributed by atoms with Crippen molar-refractivity contribution in [3.8, 4) is 0 Å². The number of sulfone groups is 1. The van der Waals surface area contributed by atoms with Crippen molar-refractivity contribution in [1.82, 2.24) is 4.98 Å². The number of rotatable bonds is 9. The fourth-order valence-corrected chi connectivity index (χ4v) is 10.2. The zero-order valence-electron chi connectivity index (χ0n) is 29.4. The minimum absolute atomic E-state index is 0.0227. The number of hydrogen-bond donors (Lipinski definition) is 4. The molecule has 2 aliphatic carbocycles. The third-order valence-electron chi connectivity index (χ3n) is 10.0. The lowest BCUT2D eigenvalue weighted by atomic mass is 9.96. The minimum Gasteiger partial charge on any atom is -0.506 e. The first-order valence-electron chi connectivity index (χ1n) is 17.1. The fourth-order valence-electron chi connectivity index (χ4n) is 7.40. The molecule has 292 valence electrons. The van der Waals surface area contributed by atoms with Crippen molar-refractivity contribution in [3.63, 3.8) is 0 Å². The van der Waals surface area contributed by atoms with E-state index in [4.69, 9.17) is 0 Å². The molecule has 1 heterocycles. The van der Waals surface area contributed by atoms with Crippen molar-refractivity contribution in [1.29, 1.82) is 0 Å². The third kappa shape index (κ3) is 6.27. The second-order valence-corrected chi connectivity index (χ2v) is 18.3. The Hall–Kier alpha value is -6.44. The zero-order chi connectivity index (χ0) is 41.5. The molecule has 15 nitrogen and oxygen atoms in total. The summed E-state index contributed by atoms with van der Waals surface area (Å²) in [6, 6.07) is 22.9. The van der Waals surface area contributed by atoms with Gasteiger partial charge in [-0.2, -0.15) is 16.8 Å². The molecule has 0 unspecified atom stereocenters. The Balaban J connectivity index is 1.34. The molecule has 0 amide bonds. The molecule has 0 spiro atoms. The first kappa shape index (κ1) is 38.4. The molecule has 4 N–H and O–H groups in total. The number of nitrogens with one attached hydrogen (secondary N) is 1. The maximum absolute atomic E-state index is 14.3. The van der Waals surface area contributed by atoms with Gasteiger partial charge < -0.3 is 10.4 Å². The number of benzene rings is 5.